The molecular weight excluding hydrogens is 276 g/mol. The van der Waals surface area contributed by atoms with E-state index < -0.39 is 11.7 Å². The number of rotatable bonds is 6. The summed E-state index contributed by atoms with van der Waals surface area (Å²) in [5.74, 6) is 1.38. The summed E-state index contributed by atoms with van der Waals surface area (Å²) < 4.78 is 5.13. The number of nitrogens with zero attached hydrogens (tertiary/aromatic N) is 3. The van der Waals surface area contributed by atoms with Crippen LogP contribution < -0.4 is 11.0 Å². The van der Waals surface area contributed by atoms with Gasteiger partial charge in [0.15, 0.2) is 5.82 Å². The number of aromatic amines is 2. The summed E-state index contributed by atoms with van der Waals surface area (Å²) in [5.41, 5.74) is -0.443. The van der Waals surface area contributed by atoms with Gasteiger partial charge in [-0.3, -0.25) is 9.78 Å². The Bertz CT molecular complexity index is 656. The fourth-order valence-corrected chi connectivity index (χ4v) is 1.79. The lowest BCUT2D eigenvalue weighted by Crippen LogP contribution is -2.28. The highest BCUT2D eigenvalue weighted by atomic mass is 16.5. The van der Waals surface area contributed by atoms with Crippen molar-refractivity contribution in [2.45, 2.75) is 39.7 Å². The van der Waals surface area contributed by atoms with Crippen molar-refractivity contribution in [1.82, 2.24) is 30.6 Å². The molecule has 1 unspecified atom stereocenters. The maximum atomic E-state index is 11.8. The number of hydrogen-bond acceptors (Lipinski definition) is 6. The molecule has 0 fully saturated rings. The smallest absolute Gasteiger partial charge is 0.340 e. The molecule has 21 heavy (non-hydrogen) atoms. The predicted octanol–water partition coefficient (Wildman–Crippen LogP) is 0.0994. The molecule has 0 radical (unpaired) electrons. The van der Waals surface area contributed by atoms with E-state index in [4.69, 9.17) is 4.52 Å². The van der Waals surface area contributed by atoms with Gasteiger partial charge in [0.05, 0.1) is 6.42 Å². The molecule has 0 saturated carbocycles. The summed E-state index contributed by atoms with van der Waals surface area (Å²) >= 11 is 0. The van der Waals surface area contributed by atoms with Gasteiger partial charge in [-0.1, -0.05) is 19.0 Å². The molecule has 1 atom stereocenters. The van der Waals surface area contributed by atoms with E-state index in [1.54, 1.807) is 6.92 Å². The number of hydrogen-bond donors (Lipinski definition) is 3. The molecule has 0 aliphatic heterocycles. The quantitative estimate of drug-likeness (QED) is 0.692. The normalized spacial score (nSPS) is 12.6. The van der Waals surface area contributed by atoms with Gasteiger partial charge >= 0.3 is 5.69 Å². The Balaban J connectivity index is 1.91. The van der Waals surface area contributed by atoms with Crippen LogP contribution in [0, 0.1) is 5.92 Å². The molecule has 0 aliphatic carbocycles. The highest BCUT2D eigenvalue weighted by molar-refractivity contribution is 5.77. The standard InChI is InChI=1S/C12H18N6O3/c1-6(2)4-9-14-11(21-18-9)7(3)13-10(19)5-8-15-12(20)17-16-8/h6-7H,4-5H2,1-3H3,(H,13,19)(H2,15,16,17,20). The number of H-pyrrole nitrogens is 2. The molecule has 9 heteroatoms. The van der Waals surface area contributed by atoms with Gasteiger partial charge in [-0.2, -0.15) is 10.1 Å². The van der Waals surface area contributed by atoms with Crippen LogP contribution in [0.25, 0.3) is 0 Å². The molecule has 2 heterocycles. The van der Waals surface area contributed by atoms with Gasteiger partial charge in [0.25, 0.3) is 0 Å². The van der Waals surface area contributed by atoms with Crippen LogP contribution in [-0.2, 0) is 17.6 Å². The highest BCUT2D eigenvalue weighted by Crippen LogP contribution is 2.11. The van der Waals surface area contributed by atoms with E-state index in [0.29, 0.717) is 17.6 Å². The van der Waals surface area contributed by atoms with E-state index in [1.165, 1.54) is 0 Å². The van der Waals surface area contributed by atoms with Crippen LogP contribution in [0.4, 0.5) is 0 Å². The van der Waals surface area contributed by atoms with Crippen molar-refractivity contribution >= 4 is 5.91 Å². The first-order chi connectivity index (χ1) is 9.94. The van der Waals surface area contributed by atoms with Crippen molar-refractivity contribution in [3.05, 3.63) is 28.0 Å². The number of nitrogens with one attached hydrogen (secondary N) is 3. The lowest BCUT2D eigenvalue weighted by atomic mass is 10.1. The molecular formula is C12H18N6O3. The molecule has 9 nitrogen and oxygen atoms in total. The fourth-order valence-electron chi connectivity index (χ4n) is 1.79. The Morgan fingerprint density at radius 2 is 2.14 bits per heavy atom. The van der Waals surface area contributed by atoms with Gasteiger partial charge in [0.1, 0.15) is 11.9 Å². The molecule has 0 aliphatic rings. The van der Waals surface area contributed by atoms with E-state index in [2.05, 4.69) is 44.5 Å². The van der Waals surface area contributed by atoms with Crippen molar-refractivity contribution in [2.75, 3.05) is 0 Å². The summed E-state index contributed by atoms with van der Waals surface area (Å²) in [6.45, 7) is 5.87. The van der Waals surface area contributed by atoms with Crippen LogP contribution in [0.2, 0.25) is 0 Å². The highest BCUT2D eigenvalue weighted by Gasteiger charge is 2.17. The molecule has 1 amide bonds. The number of amides is 1. The lowest BCUT2D eigenvalue weighted by molar-refractivity contribution is -0.121. The minimum Gasteiger partial charge on any atom is -0.344 e. The van der Waals surface area contributed by atoms with Crippen molar-refractivity contribution in [3.63, 3.8) is 0 Å². The van der Waals surface area contributed by atoms with Gasteiger partial charge in [0.2, 0.25) is 11.8 Å². The Labute approximate surface area is 120 Å². The molecule has 0 bridgehead atoms. The number of aromatic nitrogens is 5. The summed E-state index contributed by atoms with van der Waals surface area (Å²) in [6, 6.07) is -0.406. The molecule has 0 aromatic carbocycles. The largest absolute Gasteiger partial charge is 0.344 e. The molecule has 2 aromatic heterocycles. The molecule has 2 aromatic rings. The lowest BCUT2D eigenvalue weighted by Gasteiger charge is -2.08. The van der Waals surface area contributed by atoms with Gasteiger partial charge in [-0.05, 0) is 12.8 Å². The second-order valence-electron chi connectivity index (χ2n) is 5.24. The first-order valence-electron chi connectivity index (χ1n) is 6.69. The zero-order chi connectivity index (χ0) is 15.4. The van der Waals surface area contributed by atoms with Gasteiger partial charge in [-0.15, -0.1) is 0 Å². The maximum absolute atomic E-state index is 11.8. The second kappa shape index (κ2) is 6.33. The Hall–Kier alpha value is -2.45. The van der Waals surface area contributed by atoms with Crippen molar-refractivity contribution in [2.24, 2.45) is 5.92 Å². The molecule has 3 N–H and O–H groups in total. The zero-order valence-electron chi connectivity index (χ0n) is 12.1. The third kappa shape index (κ3) is 4.26. The average molecular weight is 294 g/mol. The first kappa shape index (κ1) is 14.9. The minimum absolute atomic E-state index is 0.0317. The van der Waals surface area contributed by atoms with E-state index in [1.807, 2.05) is 0 Å². The Kier molecular flexibility index (Phi) is 4.51. The minimum atomic E-state index is -0.443. The van der Waals surface area contributed by atoms with Crippen LogP contribution >= 0.6 is 0 Å². The van der Waals surface area contributed by atoms with Crippen LogP contribution in [0.5, 0.6) is 0 Å². The van der Waals surface area contributed by atoms with Gasteiger partial charge < -0.3 is 9.84 Å². The molecule has 0 saturated heterocycles. The van der Waals surface area contributed by atoms with Crippen LogP contribution in [-0.4, -0.2) is 31.2 Å². The molecule has 114 valence electrons. The fraction of sp³-hybridized carbons (Fsp3) is 0.583. The zero-order valence-corrected chi connectivity index (χ0v) is 12.1. The summed E-state index contributed by atoms with van der Waals surface area (Å²) in [5, 5.41) is 12.4. The van der Waals surface area contributed by atoms with Gasteiger partial charge in [-0.25, -0.2) is 9.89 Å². The van der Waals surface area contributed by atoms with E-state index >= 15 is 0 Å². The summed E-state index contributed by atoms with van der Waals surface area (Å²) in [4.78, 5) is 29.3. The third-order valence-electron chi connectivity index (χ3n) is 2.70. The topological polar surface area (TPSA) is 130 Å². The predicted molar refractivity (Wildman–Crippen MR) is 72.3 cm³/mol. The maximum Gasteiger partial charge on any atom is 0.340 e. The van der Waals surface area contributed by atoms with Crippen molar-refractivity contribution < 1.29 is 9.32 Å². The van der Waals surface area contributed by atoms with E-state index in [-0.39, 0.29) is 18.2 Å². The van der Waals surface area contributed by atoms with Gasteiger partial charge in [0, 0.05) is 6.42 Å². The molecule has 2 rings (SSSR count). The number of carbonyl (C=O) groups is 1. The SMILES string of the molecule is CC(C)Cc1noc(C(C)NC(=O)Cc2n[nH]c(=O)[nH]2)n1. The van der Waals surface area contributed by atoms with Crippen molar-refractivity contribution in [3.8, 4) is 0 Å². The number of carbonyl (C=O) groups excluding carboxylic acids is 1. The third-order valence-corrected chi connectivity index (χ3v) is 2.70. The summed E-state index contributed by atoms with van der Waals surface area (Å²) in [7, 11) is 0. The Morgan fingerprint density at radius 3 is 2.76 bits per heavy atom. The van der Waals surface area contributed by atoms with Crippen LogP contribution in [0.15, 0.2) is 9.32 Å². The van der Waals surface area contributed by atoms with E-state index in [0.717, 1.165) is 6.42 Å². The van der Waals surface area contributed by atoms with E-state index in [9.17, 15) is 9.59 Å². The summed E-state index contributed by atoms with van der Waals surface area (Å²) in [6.07, 6.45) is 0.689. The monoisotopic (exact) mass is 294 g/mol. The van der Waals surface area contributed by atoms with Crippen molar-refractivity contribution in [1.29, 1.82) is 0 Å². The van der Waals surface area contributed by atoms with Crippen LogP contribution in [0.1, 0.15) is 44.4 Å². The molecule has 0 spiro atoms. The average Bonchev–Trinajstić information content (AvgIpc) is 2.98. The first-order valence-corrected chi connectivity index (χ1v) is 6.69. The Morgan fingerprint density at radius 1 is 1.38 bits per heavy atom. The van der Waals surface area contributed by atoms with Crippen LogP contribution in [0.3, 0.4) is 0 Å². The second-order valence-corrected chi connectivity index (χ2v) is 5.24.